The molecule has 2 rings (SSSR count). The number of rotatable bonds is 4. The number of hydrazine groups is 1. The number of nitrogens with zero attached hydrogens (tertiary/aromatic N) is 1. The third-order valence-corrected chi connectivity index (χ3v) is 2.85. The Hall–Kier alpha value is -1.78. The molecule has 2 aromatic rings. The van der Waals surface area contributed by atoms with Crippen LogP contribution < -0.4 is 11.3 Å². The molecule has 0 aliphatic heterocycles. The number of halogens is 1. The maximum atomic E-state index is 12.8. The van der Waals surface area contributed by atoms with Gasteiger partial charge in [-0.2, -0.15) is 0 Å². The Morgan fingerprint density at radius 3 is 2.61 bits per heavy atom. The topological polar surface area (TPSA) is 50.9 Å². The summed E-state index contributed by atoms with van der Waals surface area (Å²) in [5.41, 5.74) is 5.80. The zero-order valence-corrected chi connectivity index (χ0v) is 10.2. The molecule has 0 aliphatic rings. The molecular formula is C14H16FN3. The first-order valence-corrected chi connectivity index (χ1v) is 5.82. The van der Waals surface area contributed by atoms with Gasteiger partial charge < -0.3 is 0 Å². The quantitative estimate of drug-likeness (QED) is 0.642. The van der Waals surface area contributed by atoms with Crippen molar-refractivity contribution in [1.82, 2.24) is 10.4 Å². The van der Waals surface area contributed by atoms with Crippen LogP contribution in [0, 0.1) is 12.7 Å². The number of benzene rings is 1. The summed E-state index contributed by atoms with van der Waals surface area (Å²) in [7, 11) is 0. The average molecular weight is 245 g/mol. The van der Waals surface area contributed by atoms with E-state index >= 15 is 0 Å². The van der Waals surface area contributed by atoms with Crippen LogP contribution in [0.1, 0.15) is 22.9 Å². The lowest BCUT2D eigenvalue weighted by atomic mass is 10.0. The minimum atomic E-state index is -0.232. The number of hydrogen-bond acceptors (Lipinski definition) is 3. The van der Waals surface area contributed by atoms with Crippen molar-refractivity contribution in [2.45, 2.75) is 19.4 Å². The molecule has 0 radical (unpaired) electrons. The minimum Gasteiger partial charge on any atom is -0.271 e. The first-order valence-electron chi connectivity index (χ1n) is 5.82. The van der Waals surface area contributed by atoms with E-state index in [-0.39, 0.29) is 11.9 Å². The molecule has 0 spiro atoms. The van der Waals surface area contributed by atoms with Crippen molar-refractivity contribution in [3.63, 3.8) is 0 Å². The molecule has 1 aromatic heterocycles. The number of hydrogen-bond donors (Lipinski definition) is 2. The monoisotopic (exact) mass is 245 g/mol. The maximum Gasteiger partial charge on any atom is 0.123 e. The van der Waals surface area contributed by atoms with Gasteiger partial charge in [-0.25, -0.2) is 4.39 Å². The fourth-order valence-corrected chi connectivity index (χ4v) is 1.86. The minimum absolute atomic E-state index is 0.0737. The lowest BCUT2D eigenvalue weighted by Gasteiger charge is -2.15. The summed E-state index contributed by atoms with van der Waals surface area (Å²) in [6.07, 6.45) is 2.44. The maximum absolute atomic E-state index is 12.8. The van der Waals surface area contributed by atoms with E-state index in [1.807, 2.05) is 19.1 Å². The largest absolute Gasteiger partial charge is 0.271 e. The number of aryl methyl sites for hydroxylation is 1. The predicted octanol–water partition coefficient (Wildman–Crippen LogP) is 2.28. The molecule has 3 nitrogen and oxygen atoms in total. The van der Waals surface area contributed by atoms with Crippen molar-refractivity contribution in [3.05, 3.63) is 65.2 Å². The number of nitrogens with one attached hydrogen (secondary N) is 1. The lowest BCUT2D eigenvalue weighted by molar-refractivity contribution is 0.537. The van der Waals surface area contributed by atoms with E-state index in [1.165, 1.54) is 12.1 Å². The van der Waals surface area contributed by atoms with Crippen molar-refractivity contribution in [2.24, 2.45) is 5.84 Å². The Bertz CT molecular complexity index is 511. The summed E-state index contributed by atoms with van der Waals surface area (Å²) in [6.45, 7) is 2.01. The first-order chi connectivity index (χ1) is 8.69. The fourth-order valence-electron chi connectivity index (χ4n) is 1.86. The van der Waals surface area contributed by atoms with Crippen molar-refractivity contribution < 1.29 is 4.39 Å². The molecule has 1 aromatic carbocycles. The molecular weight excluding hydrogens is 229 g/mol. The summed E-state index contributed by atoms with van der Waals surface area (Å²) in [4.78, 5) is 4.31. The van der Waals surface area contributed by atoms with Gasteiger partial charge in [0.05, 0.1) is 11.7 Å². The molecule has 1 heterocycles. The Morgan fingerprint density at radius 2 is 2.00 bits per heavy atom. The van der Waals surface area contributed by atoms with E-state index in [2.05, 4.69) is 10.4 Å². The molecule has 0 fully saturated rings. The first kappa shape index (κ1) is 12.7. The highest BCUT2D eigenvalue weighted by Gasteiger charge is 2.12. The Balaban J connectivity index is 2.17. The molecule has 0 saturated carbocycles. The molecule has 94 valence electrons. The molecule has 0 aliphatic carbocycles. The van der Waals surface area contributed by atoms with E-state index in [0.717, 1.165) is 16.8 Å². The second-order valence-corrected chi connectivity index (χ2v) is 4.31. The molecule has 0 saturated heterocycles. The number of aromatic nitrogens is 1. The van der Waals surface area contributed by atoms with Crippen molar-refractivity contribution >= 4 is 0 Å². The van der Waals surface area contributed by atoms with Crippen LogP contribution in [0.15, 0.2) is 42.6 Å². The zero-order valence-electron chi connectivity index (χ0n) is 10.2. The molecule has 3 N–H and O–H groups in total. The van der Waals surface area contributed by atoms with Gasteiger partial charge in [-0.05, 0) is 48.7 Å². The lowest BCUT2D eigenvalue weighted by Crippen LogP contribution is -2.30. The van der Waals surface area contributed by atoms with Gasteiger partial charge >= 0.3 is 0 Å². The molecule has 1 atom stereocenters. The fraction of sp³-hybridized carbons (Fsp3) is 0.214. The van der Waals surface area contributed by atoms with Gasteiger partial charge in [0.25, 0.3) is 0 Å². The highest BCUT2D eigenvalue weighted by atomic mass is 19.1. The van der Waals surface area contributed by atoms with Crippen LogP contribution in [0.25, 0.3) is 0 Å². The molecule has 0 bridgehead atoms. The number of nitrogens with two attached hydrogens (primary N) is 1. The SMILES string of the molecule is Cc1ccnc(C(Cc2ccc(F)cc2)NN)c1. The summed E-state index contributed by atoms with van der Waals surface area (Å²) in [6, 6.07) is 10.3. The van der Waals surface area contributed by atoms with Crippen molar-refractivity contribution in [2.75, 3.05) is 0 Å². The smallest absolute Gasteiger partial charge is 0.123 e. The Kier molecular flexibility index (Phi) is 4.02. The van der Waals surface area contributed by atoms with E-state index in [4.69, 9.17) is 5.84 Å². The highest BCUT2D eigenvalue weighted by Crippen LogP contribution is 2.17. The van der Waals surface area contributed by atoms with Gasteiger partial charge in [-0.1, -0.05) is 12.1 Å². The van der Waals surface area contributed by atoms with Crippen LogP contribution in [-0.2, 0) is 6.42 Å². The molecule has 1 unspecified atom stereocenters. The van der Waals surface area contributed by atoms with Gasteiger partial charge in [0.2, 0.25) is 0 Å². The van der Waals surface area contributed by atoms with Gasteiger partial charge in [-0.15, -0.1) is 0 Å². The average Bonchev–Trinajstić information content (AvgIpc) is 2.38. The van der Waals surface area contributed by atoms with E-state index in [1.54, 1.807) is 18.3 Å². The molecule has 4 heteroatoms. The van der Waals surface area contributed by atoms with E-state index in [0.29, 0.717) is 6.42 Å². The summed E-state index contributed by atoms with van der Waals surface area (Å²) >= 11 is 0. The third-order valence-electron chi connectivity index (χ3n) is 2.85. The van der Waals surface area contributed by atoms with Gasteiger partial charge in [0.15, 0.2) is 0 Å². The van der Waals surface area contributed by atoms with Gasteiger partial charge in [0, 0.05) is 6.20 Å². The highest BCUT2D eigenvalue weighted by molar-refractivity contribution is 5.22. The second-order valence-electron chi connectivity index (χ2n) is 4.31. The second kappa shape index (κ2) is 5.71. The third kappa shape index (κ3) is 3.12. The molecule has 0 amide bonds. The van der Waals surface area contributed by atoms with Crippen LogP contribution in [0.3, 0.4) is 0 Å². The van der Waals surface area contributed by atoms with Gasteiger partial charge in [0.1, 0.15) is 5.82 Å². The van der Waals surface area contributed by atoms with Crippen molar-refractivity contribution in [1.29, 1.82) is 0 Å². The standard InChI is InChI=1S/C14H16FN3/c1-10-6-7-17-13(8-10)14(18-16)9-11-2-4-12(15)5-3-11/h2-8,14,18H,9,16H2,1H3. The predicted molar refractivity (Wildman–Crippen MR) is 69.1 cm³/mol. The summed E-state index contributed by atoms with van der Waals surface area (Å²) in [5, 5.41) is 0. The van der Waals surface area contributed by atoms with E-state index in [9.17, 15) is 4.39 Å². The van der Waals surface area contributed by atoms with Crippen LogP contribution in [0.5, 0.6) is 0 Å². The zero-order chi connectivity index (χ0) is 13.0. The van der Waals surface area contributed by atoms with Crippen LogP contribution in [0.2, 0.25) is 0 Å². The number of pyridine rings is 1. The Labute approximate surface area is 106 Å². The summed E-state index contributed by atoms with van der Waals surface area (Å²) < 4.78 is 12.8. The van der Waals surface area contributed by atoms with Crippen LogP contribution >= 0.6 is 0 Å². The van der Waals surface area contributed by atoms with E-state index < -0.39 is 0 Å². The van der Waals surface area contributed by atoms with Crippen LogP contribution in [0.4, 0.5) is 4.39 Å². The molecule has 18 heavy (non-hydrogen) atoms. The van der Waals surface area contributed by atoms with Crippen LogP contribution in [-0.4, -0.2) is 4.98 Å². The Morgan fingerprint density at radius 1 is 1.28 bits per heavy atom. The van der Waals surface area contributed by atoms with Crippen molar-refractivity contribution in [3.8, 4) is 0 Å². The summed E-state index contributed by atoms with van der Waals surface area (Å²) in [5.74, 6) is 5.34. The normalized spacial score (nSPS) is 12.4. The van der Waals surface area contributed by atoms with Gasteiger partial charge in [-0.3, -0.25) is 16.3 Å².